The van der Waals surface area contributed by atoms with Crippen LogP contribution in [0, 0.1) is 0 Å². The minimum absolute atomic E-state index is 0.0304. The summed E-state index contributed by atoms with van der Waals surface area (Å²) in [6.07, 6.45) is 0. The van der Waals surface area contributed by atoms with Crippen molar-refractivity contribution in [2.75, 3.05) is 11.9 Å². The van der Waals surface area contributed by atoms with Gasteiger partial charge in [-0.3, -0.25) is 4.79 Å². The fraction of sp³-hybridized carbons (Fsp3) is 0.0833. The maximum atomic E-state index is 11.6. The molecule has 0 spiro atoms. The first-order chi connectivity index (χ1) is 14.4. The van der Waals surface area contributed by atoms with Gasteiger partial charge in [0.2, 0.25) is 5.91 Å². The van der Waals surface area contributed by atoms with Crippen LogP contribution >= 0.6 is 11.6 Å². The Labute approximate surface area is 179 Å². The number of anilines is 1. The van der Waals surface area contributed by atoms with Crippen LogP contribution < -0.4 is 4.90 Å². The van der Waals surface area contributed by atoms with Crippen LogP contribution in [0.25, 0.3) is 10.9 Å². The summed E-state index contributed by atoms with van der Waals surface area (Å²) in [6, 6.07) is 22.5. The highest BCUT2D eigenvalue weighted by Crippen LogP contribution is 2.33. The zero-order chi connectivity index (χ0) is 21.3. The van der Waals surface area contributed by atoms with Crippen LogP contribution in [0.2, 0.25) is 5.02 Å². The van der Waals surface area contributed by atoms with Crippen molar-refractivity contribution < 1.29 is 9.90 Å². The molecule has 0 bridgehead atoms. The van der Waals surface area contributed by atoms with E-state index in [-0.39, 0.29) is 11.8 Å². The number of H-pyrrole nitrogens is 1. The predicted molar refractivity (Wildman–Crippen MR) is 122 cm³/mol. The Balaban J connectivity index is 1.87. The maximum Gasteiger partial charge on any atom is 0.223 e. The first-order valence-electron chi connectivity index (χ1n) is 9.43. The molecule has 30 heavy (non-hydrogen) atoms. The first kappa shape index (κ1) is 19.7. The first-order valence-corrected chi connectivity index (χ1v) is 9.81. The summed E-state index contributed by atoms with van der Waals surface area (Å²) >= 11 is 6.11. The van der Waals surface area contributed by atoms with Gasteiger partial charge in [-0.15, -0.1) is 0 Å². The molecule has 150 valence electrons. The van der Waals surface area contributed by atoms with E-state index in [1.54, 1.807) is 24.1 Å². The molecule has 0 radical (unpaired) electrons. The Morgan fingerprint density at radius 2 is 1.73 bits per heavy atom. The molecule has 0 saturated heterocycles. The number of benzene rings is 3. The van der Waals surface area contributed by atoms with E-state index in [9.17, 15) is 9.90 Å². The molecule has 3 aromatic carbocycles. The van der Waals surface area contributed by atoms with Crippen LogP contribution in [0.3, 0.4) is 0 Å². The SMILES string of the molecule is CC(=O)N(C)c1ccc(N=C(c2ccccc2)c2c(O)[nH]c3cc(Cl)ccc23)cc1. The molecule has 0 saturated carbocycles. The number of hydrogen-bond donors (Lipinski definition) is 2. The molecule has 0 aliphatic rings. The summed E-state index contributed by atoms with van der Waals surface area (Å²) in [5.41, 5.74) is 4.34. The second kappa shape index (κ2) is 8.05. The number of rotatable bonds is 4. The lowest BCUT2D eigenvalue weighted by Crippen LogP contribution is -2.22. The van der Waals surface area contributed by atoms with E-state index < -0.39 is 0 Å². The minimum Gasteiger partial charge on any atom is -0.494 e. The quantitative estimate of drug-likeness (QED) is 0.419. The van der Waals surface area contributed by atoms with Gasteiger partial charge in [-0.25, -0.2) is 4.99 Å². The van der Waals surface area contributed by atoms with Crippen LogP contribution in [0.5, 0.6) is 5.88 Å². The zero-order valence-corrected chi connectivity index (χ0v) is 17.3. The predicted octanol–water partition coefficient (Wildman–Crippen LogP) is 5.68. The zero-order valence-electron chi connectivity index (χ0n) is 16.6. The van der Waals surface area contributed by atoms with Gasteiger partial charge in [0.05, 0.1) is 22.5 Å². The van der Waals surface area contributed by atoms with E-state index in [2.05, 4.69) is 4.98 Å². The van der Waals surface area contributed by atoms with Crippen molar-refractivity contribution in [3.8, 4) is 5.88 Å². The molecule has 0 aliphatic carbocycles. The lowest BCUT2D eigenvalue weighted by molar-refractivity contribution is -0.116. The molecule has 0 aliphatic heterocycles. The molecule has 0 atom stereocenters. The highest BCUT2D eigenvalue weighted by atomic mass is 35.5. The number of aromatic hydroxyl groups is 1. The number of fused-ring (bicyclic) bond motifs is 1. The highest BCUT2D eigenvalue weighted by Gasteiger charge is 2.18. The molecule has 6 heteroatoms. The fourth-order valence-corrected chi connectivity index (χ4v) is 3.49. The van der Waals surface area contributed by atoms with Gasteiger partial charge in [0, 0.05) is 35.6 Å². The Bertz CT molecular complexity index is 1240. The molecule has 1 aromatic heterocycles. The van der Waals surface area contributed by atoms with Gasteiger partial charge >= 0.3 is 0 Å². The van der Waals surface area contributed by atoms with Crippen LogP contribution in [-0.2, 0) is 4.79 Å². The molecule has 0 unspecified atom stereocenters. The van der Waals surface area contributed by atoms with Crippen molar-refractivity contribution in [2.45, 2.75) is 6.92 Å². The number of carbonyl (C=O) groups excluding carboxylic acids is 1. The number of aromatic amines is 1. The summed E-state index contributed by atoms with van der Waals surface area (Å²) in [6.45, 7) is 1.52. The van der Waals surface area contributed by atoms with Gasteiger partial charge in [0.25, 0.3) is 0 Å². The highest BCUT2D eigenvalue weighted by molar-refractivity contribution is 6.31. The maximum absolute atomic E-state index is 11.6. The number of amides is 1. The van der Waals surface area contributed by atoms with Gasteiger partial charge in [-0.2, -0.15) is 0 Å². The van der Waals surface area contributed by atoms with Crippen molar-refractivity contribution in [1.29, 1.82) is 0 Å². The largest absolute Gasteiger partial charge is 0.494 e. The van der Waals surface area contributed by atoms with E-state index in [1.807, 2.05) is 60.7 Å². The Morgan fingerprint density at radius 3 is 2.40 bits per heavy atom. The van der Waals surface area contributed by atoms with E-state index in [0.29, 0.717) is 22.0 Å². The molecule has 1 heterocycles. The smallest absolute Gasteiger partial charge is 0.223 e. The lowest BCUT2D eigenvalue weighted by atomic mass is 10.0. The number of nitrogens with one attached hydrogen (secondary N) is 1. The van der Waals surface area contributed by atoms with Crippen LogP contribution in [0.1, 0.15) is 18.1 Å². The average molecular weight is 418 g/mol. The number of nitrogens with zero attached hydrogens (tertiary/aromatic N) is 2. The summed E-state index contributed by atoms with van der Waals surface area (Å²) in [5, 5.41) is 12.1. The van der Waals surface area contributed by atoms with E-state index in [4.69, 9.17) is 16.6 Å². The molecule has 2 N–H and O–H groups in total. The molecule has 5 nitrogen and oxygen atoms in total. The van der Waals surface area contributed by atoms with Gasteiger partial charge in [0.1, 0.15) is 0 Å². The van der Waals surface area contributed by atoms with Crippen molar-refractivity contribution in [2.24, 2.45) is 4.99 Å². The van der Waals surface area contributed by atoms with Gasteiger partial charge < -0.3 is 15.0 Å². The summed E-state index contributed by atoms with van der Waals surface area (Å²) in [5.74, 6) is -0.0126. The van der Waals surface area contributed by atoms with Gasteiger partial charge in [-0.05, 0) is 36.4 Å². The van der Waals surface area contributed by atoms with Crippen LogP contribution in [0.15, 0.2) is 77.8 Å². The summed E-state index contributed by atoms with van der Waals surface area (Å²) < 4.78 is 0. The number of hydrogen-bond acceptors (Lipinski definition) is 3. The monoisotopic (exact) mass is 417 g/mol. The minimum atomic E-state index is -0.0430. The number of aromatic nitrogens is 1. The average Bonchev–Trinajstić information content (AvgIpc) is 3.07. The third-order valence-corrected chi connectivity index (χ3v) is 5.21. The molecular weight excluding hydrogens is 398 g/mol. The molecule has 4 aromatic rings. The normalized spacial score (nSPS) is 11.6. The standard InChI is InChI=1S/C24H20ClN3O2/c1-15(29)28(2)19-11-9-18(10-12-19)26-23(16-6-4-3-5-7-16)22-20-13-8-17(25)14-21(20)27-24(22)30/h3-14,27,30H,1-2H3. The van der Waals surface area contributed by atoms with Crippen LogP contribution in [-0.4, -0.2) is 28.8 Å². The van der Waals surface area contributed by atoms with E-state index in [1.165, 1.54) is 6.92 Å². The number of carbonyl (C=O) groups is 1. The Hall–Kier alpha value is -3.57. The van der Waals surface area contributed by atoms with Crippen molar-refractivity contribution in [3.05, 3.63) is 88.9 Å². The number of halogens is 1. The van der Waals surface area contributed by atoms with Crippen molar-refractivity contribution in [3.63, 3.8) is 0 Å². The second-order valence-electron chi connectivity index (χ2n) is 6.96. The second-order valence-corrected chi connectivity index (χ2v) is 7.40. The van der Waals surface area contributed by atoms with Gasteiger partial charge in [-0.1, -0.05) is 48.0 Å². The third kappa shape index (κ3) is 3.80. The molecule has 1 amide bonds. The molecule has 0 fully saturated rings. The fourth-order valence-electron chi connectivity index (χ4n) is 3.32. The van der Waals surface area contributed by atoms with Crippen molar-refractivity contribution >= 4 is 45.5 Å². The Kier molecular flexibility index (Phi) is 5.29. The van der Waals surface area contributed by atoms with Crippen molar-refractivity contribution in [1.82, 2.24) is 4.98 Å². The molecule has 4 rings (SSSR count). The van der Waals surface area contributed by atoms with E-state index >= 15 is 0 Å². The topological polar surface area (TPSA) is 68.7 Å². The lowest BCUT2D eigenvalue weighted by Gasteiger charge is -2.15. The third-order valence-electron chi connectivity index (χ3n) is 4.98. The van der Waals surface area contributed by atoms with E-state index in [0.717, 1.165) is 22.2 Å². The summed E-state index contributed by atoms with van der Waals surface area (Å²) in [4.78, 5) is 21.0. The summed E-state index contributed by atoms with van der Waals surface area (Å²) in [7, 11) is 1.73. The van der Waals surface area contributed by atoms with Crippen LogP contribution in [0.4, 0.5) is 11.4 Å². The van der Waals surface area contributed by atoms with Gasteiger partial charge in [0.15, 0.2) is 5.88 Å². The molecular formula is C24H20ClN3O2. The Morgan fingerprint density at radius 1 is 1.03 bits per heavy atom. The number of aliphatic imine (C=N–C) groups is 1.